The van der Waals surface area contributed by atoms with Crippen LogP contribution in [-0.4, -0.2) is 20.2 Å². The van der Waals surface area contributed by atoms with Gasteiger partial charge in [-0.25, -0.2) is 0 Å². The molecule has 0 amide bonds. The van der Waals surface area contributed by atoms with Crippen LogP contribution >= 0.6 is 0 Å². The molecule has 0 aliphatic rings. The minimum Gasteiger partial charge on any atom is -0.497 e. The van der Waals surface area contributed by atoms with Crippen molar-refractivity contribution in [2.45, 2.75) is 33.1 Å². The number of ether oxygens (including phenoxy) is 1. The summed E-state index contributed by atoms with van der Waals surface area (Å²) in [6.07, 6.45) is 2.98. The number of hydrogen-bond donors (Lipinski definition) is 1. The van der Waals surface area contributed by atoms with Crippen LogP contribution in [0.3, 0.4) is 0 Å². The van der Waals surface area contributed by atoms with Crippen molar-refractivity contribution in [2.24, 2.45) is 5.41 Å². The first kappa shape index (κ1) is 15.5. The molecule has 1 rings (SSSR count). The Kier molecular flexibility index (Phi) is 6.38. The third-order valence-electron chi connectivity index (χ3n) is 3.18. The molecule has 0 aliphatic heterocycles. The van der Waals surface area contributed by atoms with Crippen LogP contribution in [0.5, 0.6) is 5.75 Å². The van der Waals surface area contributed by atoms with Crippen LogP contribution in [0, 0.1) is 16.7 Å². The topological polar surface area (TPSA) is 45.0 Å². The van der Waals surface area contributed by atoms with Crippen LogP contribution in [0.2, 0.25) is 0 Å². The molecule has 0 aromatic heterocycles. The molecule has 3 heteroatoms. The summed E-state index contributed by atoms with van der Waals surface area (Å²) in [6, 6.07) is 10.5. The zero-order valence-corrected chi connectivity index (χ0v) is 12.2. The van der Waals surface area contributed by atoms with Crippen molar-refractivity contribution in [3.05, 3.63) is 29.8 Å². The molecule has 0 fully saturated rings. The number of nitriles is 1. The summed E-state index contributed by atoms with van der Waals surface area (Å²) < 4.78 is 5.20. The Bertz CT molecular complexity index is 421. The van der Waals surface area contributed by atoms with Crippen LogP contribution < -0.4 is 10.1 Å². The van der Waals surface area contributed by atoms with E-state index in [9.17, 15) is 0 Å². The molecule has 0 bridgehead atoms. The Morgan fingerprint density at radius 1 is 1.32 bits per heavy atom. The standard InChI is InChI=1S/C16H24N2O/c1-16(2,13-17)9-5-10-18-11-8-14-6-4-7-15(12-14)19-3/h4,6-7,12,18H,5,8-11H2,1-3H3. The molecule has 0 spiro atoms. The van der Waals surface area contributed by atoms with Gasteiger partial charge in [0.1, 0.15) is 5.75 Å². The third-order valence-corrected chi connectivity index (χ3v) is 3.18. The highest BCUT2D eigenvalue weighted by atomic mass is 16.5. The molecule has 0 saturated heterocycles. The highest BCUT2D eigenvalue weighted by Crippen LogP contribution is 2.19. The molecule has 0 heterocycles. The number of benzene rings is 1. The monoisotopic (exact) mass is 260 g/mol. The summed E-state index contributed by atoms with van der Waals surface area (Å²) in [6.45, 7) is 5.90. The summed E-state index contributed by atoms with van der Waals surface area (Å²) in [5.74, 6) is 0.910. The maximum atomic E-state index is 8.91. The Balaban J connectivity index is 2.16. The fourth-order valence-corrected chi connectivity index (χ4v) is 1.90. The molecule has 0 radical (unpaired) electrons. The van der Waals surface area contributed by atoms with E-state index in [2.05, 4.69) is 23.5 Å². The van der Waals surface area contributed by atoms with Gasteiger partial charge in [-0.2, -0.15) is 5.26 Å². The van der Waals surface area contributed by atoms with Gasteiger partial charge in [0.05, 0.1) is 18.6 Å². The first-order valence-electron chi connectivity index (χ1n) is 6.82. The van der Waals surface area contributed by atoms with E-state index in [1.165, 1.54) is 5.56 Å². The van der Waals surface area contributed by atoms with Crippen LogP contribution in [0.25, 0.3) is 0 Å². The summed E-state index contributed by atoms with van der Waals surface area (Å²) in [7, 11) is 1.69. The second kappa shape index (κ2) is 7.81. The van der Waals surface area contributed by atoms with Gasteiger partial charge >= 0.3 is 0 Å². The van der Waals surface area contributed by atoms with E-state index in [1.807, 2.05) is 26.0 Å². The Hall–Kier alpha value is -1.53. The summed E-state index contributed by atoms with van der Waals surface area (Å²) in [5.41, 5.74) is 1.08. The van der Waals surface area contributed by atoms with Crippen LogP contribution in [0.15, 0.2) is 24.3 Å². The minimum absolute atomic E-state index is 0.200. The number of methoxy groups -OCH3 is 1. The molecule has 1 aromatic rings. The van der Waals surface area contributed by atoms with Crippen molar-refractivity contribution in [1.29, 1.82) is 5.26 Å². The van der Waals surface area contributed by atoms with Gasteiger partial charge in [0.15, 0.2) is 0 Å². The lowest BCUT2D eigenvalue weighted by Gasteiger charge is -2.14. The van der Waals surface area contributed by atoms with Crippen molar-refractivity contribution in [3.8, 4) is 11.8 Å². The summed E-state index contributed by atoms with van der Waals surface area (Å²) in [5, 5.41) is 12.3. The zero-order chi connectivity index (χ0) is 14.1. The second-order valence-corrected chi connectivity index (χ2v) is 5.45. The summed E-state index contributed by atoms with van der Waals surface area (Å²) in [4.78, 5) is 0. The lowest BCUT2D eigenvalue weighted by molar-refractivity contribution is 0.414. The van der Waals surface area contributed by atoms with Crippen molar-refractivity contribution < 1.29 is 4.74 Å². The average molecular weight is 260 g/mol. The quantitative estimate of drug-likeness (QED) is 0.730. The molecular formula is C16H24N2O. The number of nitrogens with one attached hydrogen (secondary N) is 1. The lowest BCUT2D eigenvalue weighted by Crippen LogP contribution is -2.20. The molecule has 0 atom stereocenters. The fraction of sp³-hybridized carbons (Fsp3) is 0.562. The van der Waals surface area contributed by atoms with Gasteiger partial charge in [0.25, 0.3) is 0 Å². The number of rotatable bonds is 8. The van der Waals surface area contributed by atoms with Gasteiger partial charge in [-0.15, -0.1) is 0 Å². The number of hydrogen-bond acceptors (Lipinski definition) is 3. The maximum absolute atomic E-state index is 8.91. The number of nitrogens with zero attached hydrogens (tertiary/aromatic N) is 1. The summed E-state index contributed by atoms with van der Waals surface area (Å²) >= 11 is 0. The molecule has 104 valence electrons. The van der Waals surface area contributed by atoms with Gasteiger partial charge < -0.3 is 10.1 Å². The van der Waals surface area contributed by atoms with Gasteiger partial charge in [0.2, 0.25) is 0 Å². The van der Waals surface area contributed by atoms with E-state index in [4.69, 9.17) is 10.00 Å². The third kappa shape index (κ3) is 6.26. The molecule has 1 aromatic carbocycles. The molecular weight excluding hydrogens is 236 g/mol. The van der Waals surface area contributed by atoms with Crippen molar-refractivity contribution >= 4 is 0 Å². The predicted octanol–water partition coefficient (Wildman–Crippen LogP) is 3.16. The smallest absolute Gasteiger partial charge is 0.119 e. The van der Waals surface area contributed by atoms with E-state index in [-0.39, 0.29) is 5.41 Å². The van der Waals surface area contributed by atoms with Crippen molar-refractivity contribution in [2.75, 3.05) is 20.2 Å². The first-order chi connectivity index (χ1) is 9.07. The predicted molar refractivity (Wildman–Crippen MR) is 78.2 cm³/mol. The van der Waals surface area contributed by atoms with Gasteiger partial charge in [-0.3, -0.25) is 0 Å². The Morgan fingerprint density at radius 3 is 2.79 bits per heavy atom. The highest BCUT2D eigenvalue weighted by Gasteiger charge is 2.15. The second-order valence-electron chi connectivity index (χ2n) is 5.45. The SMILES string of the molecule is COc1cccc(CCNCCCC(C)(C)C#N)c1. The Morgan fingerprint density at radius 2 is 2.11 bits per heavy atom. The van der Waals surface area contributed by atoms with Crippen molar-refractivity contribution in [3.63, 3.8) is 0 Å². The van der Waals surface area contributed by atoms with Crippen molar-refractivity contribution in [1.82, 2.24) is 5.32 Å². The highest BCUT2D eigenvalue weighted by molar-refractivity contribution is 5.28. The lowest BCUT2D eigenvalue weighted by atomic mass is 9.90. The van der Waals surface area contributed by atoms with E-state index >= 15 is 0 Å². The van der Waals surface area contributed by atoms with E-state index in [0.717, 1.165) is 38.1 Å². The Labute approximate surface area is 116 Å². The van der Waals surface area contributed by atoms with Crippen LogP contribution in [0.4, 0.5) is 0 Å². The molecule has 3 nitrogen and oxygen atoms in total. The maximum Gasteiger partial charge on any atom is 0.119 e. The largest absolute Gasteiger partial charge is 0.497 e. The van der Waals surface area contributed by atoms with Gasteiger partial charge in [0, 0.05) is 0 Å². The molecule has 0 saturated carbocycles. The zero-order valence-electron chi connectivity index (χ0n) is 12.2. The first-order valence-corrected chi connectivity index (χ1v) is 6.82. The van der Waals surface area contributed by atoms with Crippen LogP contribution in [0.1, 0.15) is 32.3 Å². The molecule has 0 unspecified atom stereocenters. The average Bonchev–Trinajstić information content (AvgIpc) is 2.43. The van der Waals surface area contributed by atoms with E-state index in [0.29, 0.717) is 0 Å². The minimum atomic E-state index is -0.200. The van der Waals surface area contributed by atoms with Gasteiger partial charge in [-0.05, 0) is 63.9 Å². The van der Waals surface area contributed by atoms with Crippen LogP contribution in [-0.2, 0) is 6.42 Å². The normalized spacial score (nSPS) is 11.1. The fourth-order valence-electron chi connectivity index (χ4n) is 1.90. The van der Waals surface area contributed by atoms with E-state index < -0.39 is 0 Å². The molecule has 19 heavy (non-hydrogen) atoms. The van der Waals surface area contributed by atoms with Gasteiger partial charge in [-0.1, -0.05) is 12.1 Å². The molecule has 0 aliphatic carbocycles. The van der Waals surface area contributed by atoms with E-state index in [1.54, 1.807) is 7.11 Å². The molecule has 1 N–H and O–H groups in total.